The van der Waals surface area contributed by atoms with E-state index in [1.54, 1.807) is 24.3 Å². The Labute approximate surface area is 204 Å². The zero-order valence-corrected chi connectivity index (χ0v) is 19.5. The molecule has 0 aromatic heterocycles. The maximum atomic E-state index is 12.3. The summed E-state index contributed by atoms with van der Waals surface area (Å²) in [5.41, 5.74) is 5.71. The van der Waals surface area contributed by atoms with Crippen LogP contribution in [0, 0.1) is 0 Å². The van der Waals surface area contributed by atoms with Crippen molar-refractivity contribution in [3.63, 3.8) is 0 Å². The van der Waals surface area contributed by atoms with E-state index in [1.165, 1.54) is 6.21 Å². The summed E-state index contributed by atoms with van der Waals surface area (Å²) in [4.78, 5) is 36.1. The van der Waals surface area contributed by atoms with Crippen LogP contribution in [0.25, 0.3) is 0 Å². The molecular formula is C27H28N4O4. The van der Waals surface area contributed by atoms with Gasteiger partial charge >= 0.3 is 11.8 Å². The third-order valence-electron chi connectivity index (χ3n) is 5.03. The lowest BCUT2D eigenvalue weighted by Gasteiger charge is -2.10. The van der Waals surface area contributed by atoms with Crippen LogP contribution in [-0.4, -0.2) is 37.1 Å². The van der Waals surface area contributed by atoms with E-state index in [1.807, 2.05) is 61.5 Å². The van der Waals surface area contributed by atoms with Gasteiger partial charge in [-0.1, -0.05) is 67.6 Å². The lowest BCUT2D eigenvalue weighted by molar-refractivity contribution is -0.139. The number of anilines is 1. The molecule has 0 radical (unpaired) electrons. The third kappa shape index (κ3) is 8.43. The van der Waals surface area contributed by atoms with Crippen LogP contribution in [0.3, 0.4) is 0 Å². The number of aryl methyl sites for hydroxylation is 1. The second-order valence-corrected chi connectivity index (χ2v) is 7.61. The Morgan fingerprint density at radius 2 is 1.69 bits per heavy atom. The molecule has 0 unspecified atom stereocenters. The number of hydrazone groups is 1. The van der Waals surface area contributed by atoms with Gasteiger partial charge in [-0.05, 0) is 47.7 Å². The normalized spacial score (nSPS) is 10.5. The van der Waals surface area contributed by atoms with Crippen LogP contribution < -0.4 is 20.8 Å². The number of rotatable bonds is 10. The van der Waals surface area contributed by atoms with Crippen molar-refractivity contribution in [1.82, 2.24) is 10.7 Å². The number of hydrogen-bond donors (Lipinski definition) is 3. The van der Waals surface area contributed by atoms with E-state index in [0.717, 1.165) is 23.2 Å². The molecule has 3 N–H and O–H groups in total. The molecule has 0 heterocycles. The first-order valence-corrected chi connectivity index (χ1v) is 11.3. The Kier molecular flexibility index (Phi) is 9.56. The first-order chi connectivity index (χ1) is 17.0. The third-order valence-corrected chi connectivity index (χ3v) is 5.03. The molecule has 0 aliphatic rings. The summed E-state index contributed by atoms with van der Waals surface area (Å²) in [6.07, 6.45) is 2.82. The van der Waals surface area contributed by atoms with Crippen molar-refractivity contribution in [2.24, 2.45) is 5.10 Å². The summed E-state index contributed by atoms with van der Waals surface area (Å²) >= 11 is 0. The minimum Gasteiger partial charge on any atom is -0.484 e. The van der Waals surface area contributed by atoms with Crippen LogP contribution >= 0.6 is 0 Å². The highest BCUT2D eigenvalue weighted by Crippen LogP contribution is 2.16. The van der Waals surface area contributed by atoms with Gasteiger partial charge in [0.2, 0.25) is 0 Å². The summed E-state index contributed by atoms with van der Waals surface area (Å²) in [6, 6.07) is 24.1. The Bertz CT molecular complexity index is 1180. The fourth-order valence-corrected chi connectivity index (χ4v) is 3.23. The maximum Gasteiger partial charge on any atom is 0.329 e. The second-order valence-electron chi connectivity index (χ2n) is 7.61. The number of para-hydroxylation sites is 1. The fourth-order valence-electron chi connectivity index (χ4n) is 3.23. The van der Waals surface area contributed by atoms with E-state index >= 15 is 0 Å². The van der Waals surface area contributed by atoms with Crippen molar-refractivity contribution in [3.8, 4) is 5.75 Å². The minimum absolute atomic E-state index is 0.154. The van der Waals surface area contributed by atoms with E-state index < -0.39 is 11.8 Å². The Balaban J connectivity index is 1.42. The number of nitrogens with zero attached hydrogens (tertiary/aromatic N) is 1. The molecule has 3 amide bonds. The van der Waals surface area contributed by atoms with Gasteiger partial charge in [-0.3, -0.25) is 14.4 Å². The molecule has 0 saturated heterocycles. The average Bonchev–Trinajstić information content (AvgIpc) is 2.88. The molecule has 8 heteroatoms. The van der Waals surface area contributed by atoms with E-state index in [9.17, 15) is 14.4 Å². The lowest BCUT2D eigenvalue weighted by Crippen LogP contribution is -2.38. The van der Waals surface area contributed by atoms with Gasteiger partial charge in [-0.25, -0.2) is 5.43 Å². The molecule has 3 aromatic rings. The van der Waals surface area contributed by atoms with Crippen molar-refractivity contribution in [2.45, 2.75) is 19.8 Å². The molecule has 0 aliphatic carbocycles. The van der Waals surface area contributed by atoms with Crippen LogP contribution in [0.15, 0.2) is 84.0 Å². The van der Waals surface area contributed by atoms with Gasteiger partial charge in [0.25, 0.3) is 5.91 Å². The van der Waals surface area contributed by atoms with Crippen LogP contribution in [0.2, 0.25) is 0 Å². The van der Waals surface area contributed by atoms with Gasteiger partial charge in [-0.15, -0.1) is 0 Å². The molecule has 0 fully saturated rings. The summed E-state index contributed by atoms with van der Waals surface area (Å²) in [7, 11) is 0. The molecule has 180 valence electrons. The van der Waals surface area contributed by atoms with Crippen molar-refractivity contribution in [1.29, 1.82) is 0 Å². The number of carbonyl (C=O) groups is 3. The predicted molar refractivity (Wildman–Crippen MR) is 135 cm³/mol. The molecule has 0 saturated carbocycles. The van der Waals surface area contributed by atoms with Gasteiger partial charge in [-0.2, -0.15) is 5.10 Å². The first-order valence-electron chi connectivity index (χ1n) is 11.3. The zero-order valence-electron chi connectivity index (χ0n) is 19.5. The summed E-state index contributed by atoms with van der Waals surface area (Å²) in [5.74, 6) is -1.41. The number of benzene rings is 3. The molecule has 3 aromatic carbocycles. The minimum atomic E-state index is -0.856. The highest BCUT2D eigenvalue weighted by atomic mass is 16.5. The van der Waals surface area contributed by atoms with Crippen molar-refractivity contribution in [2.75, 3.05) is 18.5 Å². The summed E-state index contributed by atoms with van der Waals surface area (Å²) in [5, 5.41) is 9.23. The standard InChI is InChI=1S/C27H28N4O4/c1-2-22-12-6-7-14-24(22)30-25(32)19-35-23-13-8-11-21(17-23)18-29-31-27(34)26(33)28-16-15-20-9-4-3-5-10-20/h3-14,17-18H,2,15-16,19H2,1H3,(H,28,33)(H,30,32)(H,31,34)/b29-18-. The zero-order chi connectivity index (χ0) is 24.9. The summed E-state index contributed by atoms with van der Waals surface area (Å²) < 4.78 is 5.58. The van der Waals surface area contributed by atoms with E-state index in [0.29, 0.717) is 24.3 Å². The van der Waals surface area contributed by atoms with Gasteiger partial charge in [0.15, 0.2) is 6.61 Å². The quantitative estimate of drug-likeness (QED) is 0.239. The van der Waals surface area contributed by atoms with E-state index in [2.05, 4.69) is 21.2 Å². The predicted octanol–water partition coefficient (Wildman–Crippen LogP) is 3.08. The smallest absolute Gasteiger partial charge is 0.329 e. The van der Waals surface area contributed by atoms with Crippen LogP contribution in [0.1, 0.15) is 23.6 Å². The van der Waals surface area contributed by atoms with Gasteiger partial charge in [0, 0.05) is 12.2 Å². The largest absolute Gasteiger partial charge is 0.484 e. The van der Waals surface area contributed by atoms with Crippen molar-refractivity contribution in [3.05, 3.63) is 95.6 Å². The molecule has 0 bridgehead atoms. The summed E-state index contributed by atoms with van der Waals surface area (Å²) in [6.45, 7) is 2.21. The SMILES string of the molecule is CCc1ccccc1NC(=O)COc1cccc(/C=N\NC(=O)C(=O)NCCc2ccccc2)c1. The molecular weight excluding hydrogens is 444 g/mol. The van der Waals surface area contributed by atoms with Gasteiger partial charge in [0.1, 0.15) is 5.75 Å². The molecule has 3 rings (SSSR count). The number of carbonyl (C=O) groups excluding carboxylic acids is 3. The van der Waals surface area contributed by atoms with Crippen LogP contribution in [0.5, 0.6) is 5.75 Å². The number of nitrogens with one attached hydrogen (secondary N) is 3. The van der Waals surface area contributed by atoms with Crippen molar-refractivity contribution >= 4 is 29.6 Å². The van der Waals surface area contributed by atoms with Crippen molar-refractivity contribution < 1.29 is 19.1 Å². The Morgan fingerprint density at radius 3 is 2.49 bits per heavy atom. The van der Waals surface area contributed by atoms with Crippen LogP contribution in [-0.2, 0) is 27.2 Å². The highest BCUT2D eigenvalue weighted by molar-refractivity contribution is 6.35. The maximum absolute atomic E-state index is 12.3. The highest BCUT2D eigenvalue weighted by Gasteiger charge is 2.11. The fraction of sp³-hybridized carbons (Fsp3) is 0.185. The topological polar surface area (TPSA) is 109 Å². The molecule has 35 heavy (non-hydrogen) atoms. The van der Waals surface area contributed by atoms with Crippen LogP contribution in [0.4, 0.5) is 5.69 Å². The first kappa shape index (κ1) is 25.2. The van der Waals surface area contributed by atoms with E-state index in [4.69, 9.17) is 4.74 Å². The number of amides is 3. The average molecular weight is 473 g/mol. The van der Waals surface area contributed by atoms with E-state index in [-0.39, 0.29) is 12.5 Å². The molecule has 0 spiro atoms. The molecule has 0 atom stereocenters. The molecule has 8 nitrogen and oxygen atoms in total. The Morgan fingerprint density at radius 1 is 0.914 bits per heavy atom. The number of ether oxygens (including phenoxy) is 1. The van der Waals surface area contributed by atoms with Gasteiger partial charge < -0.3 is 15.4 Å². The van der Waals surface area contributed by atoms with Gasteiger partial charge in [0.05, 0.1) is 6.21 Å². The molecule has 0 aliphatic heterocycles. The number of hydrogen-bond acceptors (Lipinski definition) is 5. The lowest BCUT2D eigenvalue weighted by atomic mass is 10.1. The monoisotopic (exact) mass is 472 g/mol. The Hall–Kier alpha value is -4.46. The second kappa shape index (κ2) is 13.3.